The fraction of sp³-hybridized carbons (Fsp3) is 0.222. The predicted molar refractivity (Wildman–Crippen MR) is 130 cm³/mol. The number of carbonyl (C=O) groups excluding carboxylic acids is 2. The van der Waals surface area contributed by atoms with Crippen LogP contribution in [-0.4, -0.2) is 53.8 Å². The number of rotatable bonds is 8. The Morgan fingerprint density at radius 1 is 0.667 bits per heavy atom. The van der Waals surface area contributed by atoms with E-state index in [0.29, 0.717) is 12.8 Å². The average molecular weight is 485 g/mol. The van der Waals surface area contributed by atoms with Crippen molar-refractivity contribution in [3.8, 4) is 0 Å². The Hall–Kier alpha value is -4.53. The number of carbonyl (C=O) groups is 2. The third-order valence-electron chi connectivity index (χ3n) is 5.65. The summed E-state index contributed by atoms with van der Waals surface area (Å²) in [4.78, 5) is 39.9. The molecule has 1 aromatic heterocycles. The number of hydrogen-bond donors (Lipinski definition) is 0. The first-order chi connectivity index (χ1) is 17.7. The van der Waals surface area contributed by atoms with E-state index in [1.54, 1.807) is 6.07 Å². The van der Waals surface area contributed by atoms with E-state index in [4.69, 9.17) is 19.1 Å². The summed E-state index contributed by atoms with van der Waals surface area (Å²) < 4.78 is 10.7. The molecular weight excluding hydrogens is 462 g/mol. The summed E-state index contributed by atoms with van der Waals surface area (Å²) in [6, 6.07) is 23.8. The molecule has 9 nitrogen and oxygen atoms in total. The lowest BCUT2D eigenvalue weighted by atomic mass is 10.1. The van der Waals surface area contributed by atoms with Crippen molar-refractivity contribution in [2.75, 3.05) is 13.2 Å². The van der Waals surface area contributed by atoms with Gasteiger partial charge in [-0.15, -0.1) is 0 Å². The van der Waals surface area contributed by atoms with Crippen LogP contribution in [0.5, 0.6) is 0 Å². The molecule has 2 aliphatic rings. The lowest BCUT2D eigenvalue weighted by Crippen LogP contribution is -2.22. The van der Waals surface area contributed by atoms with Gasteiger partial charge in [0.2, 0.25) is 0 Å². The summed E-state index contributed by atoms with van der Waals surface area (Å²) in [5.41, 5.74) is 3.52. The third-order valence-corrected chi connectivity index (χ3v) is 5.65. The zero-order valence-electron chi connectivity index (χ0n) is 19.3. The Bertz CT molecular complexity index is 1200. The zero-order valence-corrected chi connectivity index (χ0v) is 19.3. The predicted octanol–water partition coefficient (Wildman–Crippen LogP) is 3.78. The second-order valence-corrected chi connectivity index (χ2v) is 8.28. The van der Waals surface area contributed by atoms with E-state index >= 15 is 0 Å². The van der Waals surface area contributed by atoms with Crippen molar-refractivity contribution in [1.29, 1.82) is 0 Å². The lowest BCUT2D eigenvalue weighted by molar-refractivity contribution is 0.00558. The van der Waals surface area contributed by atoms with Crippen LogP contribution in [0.3, 0.4) is 0 Å². The van der Waals surface area contributed by atoms with Crippen molar-refractivity contribution in [2.45, 2.75) is 25.0 Å². The van der Waals surface area contributed by atoms with Crippen molar-refractivity contribution in [1.82, 2.24) is 4.98 Å². The standard InChI is InChI=1S/C27H23N3O6/c31-26(33-16-20-14-24(29-35-20)18-8-3-1-4-9-18)22-12-7-13-23(28-22)27(32)34-17-21-15-25(30-36-21)19-10-5-2-6-11-19/h1-13,20-21H,14-17H2/t20-,21-/m0/s1. The number of esters is 2. The minimum Gasteiger partial charge on any atom is -0.457 e. The van der Waals surface area contributed by atoms with Gasteiger partial charge in [-0.1, -0.05) is 77.0 Å². The highest BCUT2D eigenvalue weighted by Gasteiger charge is 2.26. The molecule has 2 aromatic carbocycles. The van der Waals surface area contributed by atoms with Gasteiger partial charge in [-0.2, -0.15) is 0 Å². The smallest absolute Gasteiger partial charge is 0.357 e. The Kier molecular flexibility index (Phi) is 6.98. The van der Waals surface area contributed by atoms with Crippen LogP contribution in [0.25, 0.3) is 0 Å². The Morgan fingerprint density at radius 3 is 1.56 bits per heavy atom. The van der Waals surface area contributed by atoms with Crippen molar-refractivity contribution in [3.63, 3.8) is 0 Å². The van der Waals surface area contributed by atoms with Crippen molar-refractivity contribution < 1.29 is 28.7 Å². The molecule has 0 amide bonds. The van der Waals surface area contributed by atoms with Crippen LogP contribution >= 0.6 is 0 Å². The summed E-state index contributed by atoms with van der Waals surface area (Å²) in [7, 11) is 0. The first-order valence-corrected chi connectivity index (χ1v) is 11.5. The van der Waals surface area contributed by atoms with Crippen LogP contribution in [0.2, 0.25) is 0 Å². The second-order valence-electron chi connectivity index (χ2n) is 8.28. The van der Waals surface area contributed by atoms with Gasteiger partial charge in [-0.3, -0.25) is 0 Å². The largest absolute Gasteiger partial charge is 0.457 e. The number of pyridine rings is 1. The van der Waals surface area contributed by atoms with Gasteiger partial charge in [0, 0.05) is 12.8 Å². The molecule has 9 heteroatoms. The Balaban J connectivity index is 1.09. The zero-order chi connectivity index (χ0) is 24.7. The fourth-order valence-corrected chi connectivity index (χ4v) is 3.78. The van der Waals surface area contributed by atoms with Crippen LogP contribution in [-0.2, 0) is 19.1 Å². The molecule has 182 valence electrons. The highest BCUT2D eigenvalue weighted by Crippen LogP contribution is 2.18. The molecule has 3 heterocycles. The molecule has 0 bridgehead atoms. The fourth-order valence-electron chi connectivity index (χ4n) is 3.78. The number of aromatic nitrogens is 1. The molecule has 0 fully saturated rings. The van der Waals surface area contributed by atoms with E-state index in [1.807, 2.05) is 60.7 Å². The number of oxime groups is 2. The van der Waals surface area contributed by atoms with Crippen LogP contribution in [0.15, 0.2) is 89.2 Å². The minimum absolute atomic E-state index is 0.00142. The maximum absolute atomic E-state index is 12.5. The summed E-state index contributed by atoms with van der Waals surface area (Å²) >= 11 is 0. The van der Waals surface area contributed by atoms with Gasteiger partial charge in [0.05, 0.1) is 11.4 Å². The SMILES string of the molecule is O=C(OC[C@@H]1CC(c2ccccc2)=NO1)c1cccc(C(=O)OC[C@@H]2CC(c3ccccc3)=NO2)n1. The van der Waals surface area contributed by atoms with Gasteiger partial charge in [-0.05, 0) is 23.3 Å². The minimum atomic E-state index is -0.665. The lowest BCUT2D eigenvalue weighted by Gasteiger charge is -2.10. The molecule has 0 unspecified atom stereocenters. The van der Waals surface area contributed by atoms with Gasteiger partial charge in [-0.25, -0.2) is 14.6 Å². The number of hydrogen-bond acceptors (Lipinski definition) is 9. The van der Waals surface area contributed by atoms with E-state index in [2.05, 4.69) is 15.3 Å². The maximum atomic E-state index is 12.5. The highest BCUT2D eigenvalue weighted by atomic mass is 16.7. The van der Waals surface area contributed by atoms with Crippen LogP contribution in [0.4, 0.5) is 0 Å². The molecule has 2 atom stereocenters. The second kappa shape index (κ2) is 10.8. The Morgan fingerprint density at radius 2 is 1.11 bits per heavy atom. The monoisotopic (exact) mass is 485 g/mol. The molecule has 0 N–H and O–H groups in total. The van der Waals surface area contributed by atoms with Crippen LogP contribution < -0.4 is 0 Å². The van der Waals surface area contributed by atoms with Crippen molar-refractivity contribution >= 4 is 23.4 Å². The molecule has 3 aromatic rings. The summed E-state index contributed by atoms with van der Waals surface area (Å²) in [5.74, 6) is -1.33. The first kappa shape index (κ1) is 23.2. The van der Waals surface area contributed by atoms with Crippen LogP contribution in [0.1, 0.15) is 44.9 Å². The first-order valence-electron chi connectivity index (χ1n) is 11.5. The number of ether oxygens (including phenoxy) is 2. The third kappa shape index (κ3) is 5.57. The summed E-state index contributed by atoms with van der Waals surface area (Å²) in [5, 5.41) is 8.16. The summed E-state index contributed by atoms with van der Waals surface area (Å²) in [6.45, 7) is 0.0234. The van der Waals surface area contributed by atoms with E-state index < -0.39 is 11.9 Å². The van der Waals surface area contributed by atoms with Crippen molar-refractivity contribution in [3.05, 3.63) is 101 Å². The van der Waals surface area contributed by atoms with E-state index in [1.165, 1.54) is 12.1 Å². The average Bonchev–Trinajstić information content (AvgIpc) is 3.62. The molecule has 5 rings (SSSR count). The van der Waals surface area contributed by atoms with E-state index in [-0.39, 0.29) is 36.8 Å². The molecule has 0 aliphatic carbocycles. The molecule has 36 heavy (non-hydrogen) atoms. The van der Waals surface area contributed by atoms with Crippen LogP contribution in [0, 0.1) is 0 Å². The molecule has 0 spiro atoms. The van der Waals surface area contributed by atoms with Gasteiger partial charge in [0.1, 0.15) is 24.6 Å². The van der Waals surface area contributed by atoms with Gasteiger partial charge < -0.3 is 19.1 Å². The molecule has 2 aliphatic heterocycles. The molecule has 0 saturated carbocycles. The highest BCUT2D eigenvalue weighted by molar-refractivity contribution is 6.01. The van der Waals surface area contributed by atoms with Gasteiger partial charge >= 0.3 is 11.9 Å². The van der Waals surface area contributed by atoms with E-state index in [9.17, 15) is 9.59 Å². The van der Waals surface area contributed by atoms with Gasteiger partial charge in [0.15, 0.2) is 12.2 Å². The number of nitrogens with zero attached hydrogens (tertiary/aromatic N) is 3. The summed E-state index contributed by atoms with van der Waals surface area (Å²) in [6.07, 6.45) is 0.282. The van der Waals surface area contributed by atoms with Gasteiger partial charge in [0.25, 0.3) is 0 Å². The normalized spacial score (nSPS) is 18.4. The topological polar surface area (TPSA) is 109 Å². The molecule has 0 radical (unpaired) electrons. The number of benzene rings is 2. The Labute approximate surface area is 207 Å². The van der Waals surface area contributed by atoms with Crippen molar-refractivity contribution in [2.24, 2.45) is 10.3 Å². The molecule has 0 saturated heterocycles. The van der Waals surface area contributed by atoms with E-state index in [0.717, 1.165) is 22.6 Å². The maximum Gasteiger partial charge on any atom is 0.357 e. The molecular formula is C27H23N3O6. The quantitative estimate of drug-likeness (QED) is 0.447.